The molecular formula is C20H24N4O3S2. The van der Waals surface area contributed by atoms with Gasteiger partial charge in [-0.15, -0.1) is 11.3 Å². The summed E-state index contributed by atoms with van der Waals surface area (Å²) in [5.74, 6) is -0.255. The Morgan fingerprint density at radius 2 is 1.86 bits per heavy atom. The molecule has 2 aromatic heterocycles. The number of amides is 1. The molecule has 1 fully saturated rings. The van der Waals surface area contributed by atoms with E-state index in [4.69, 9.17) is 0 Å². The highest BCUT2D eigenvalue weighted by atomic mass is 32.2. The van der Waals surface area contributed by atoms with E-state index in [1.165, 1.54) is 17.4 Å². The quantitative estimate of drug-likeness (QED) is 0.680. The van der Waals surface area contributed by atoms with Gasteiger partial charge in [0, 0.05) is 31.2 Å². The Balaban J connectivity index is 1.56. The Bertz CT molecular complexity index is 1120. The number of anilines is 1. The Labute approximate surface area is 174 Å². The fraction of sp³-hybridized carbons (Fsp3) is 0.400. The predicted molar refractivity (Wildman–Crippen MR) is 115 cm³/mol. The van der Waals surface area contributed by atoms with Crippen LogP contribution >= 0.6 is 11.3 Å². The van der Waals surface area contributed by atoms with Crippen molar-refractivity contribution in [2.75, 3.05) is 18.4 Å². The smallest absolute Gasteiger partial charge is 0.265 e. The number of hydrogen-bond acceptors (Lipinski definition) is 5. The molecule has 7 nitrogen and oxygen atoms in total. The molecule has 154 valence electrons. The maximum atomic E-state index is 13.0. The molecular weight excluding hydrogens is 408 g/mol. The summed E-state index contributed by atoms with van der Waals surface area (Å²) in [5.41, 5.74) is 1.35. The fourth-order valence-corrected chi connectivity index (χ4v) is 6.26. The van der Waals surface area contributed by atoms with E-state index in [0.717, 1.165) is 41.6 Å². The Morgan fingerprint density at radius 1 is 1.14 bits per heavy atom. The lowest BCUT2D eigenvalue weighted by Crippen LogP contribution is -2.32. The minimum atomic E-state index is -3.56. The highest BCUT2D eigenvalue weighted by Crippen LogP contribution is 2.29. The van der Waals surface area contributed by atoms with E-state index < -0.39 is 10.0 Å². The van der Waals surface area contributed by atoms with Gasteiger partial charge >= 0.3 is 0 Å². The topological polar surface area (TPSA) is 84.3 Å². The zero-order chi connectivity index (χ0) is 20.6. The van der Waals surface area contributed by atoms with Crippen molar-refractivity contribution in [3.05, 3.63) is 40.9 Å². The third-order valence-electron chi connectivity index (χ3n) is 5.21. The average Bonchev–Trinajstić information content (AvgIpc) is 3.11. The largest absolute Gasteiger partial charge is 0.321 e. The standard InChI is InChI=1S/C20H24N4O3S2/c1-14-17-13-18(28-20(17)23(2)22-14)19(25)21-15-8-7-9-16(12-15)29(26,27)24-10-5-3-4-6-11-24/h7-9,12-13H,3-6,10-11H2,1-2H3,(H,21,25). The molecule has 1 N–H and O–H groups in total. The molecule has 1 aliphatic heterocycles. The van der Waals surface area contributed by atoms with Crippen LogP contribution in [0.25, 0.3) is 10.2 Å². The number of nitrogens with zero attached hydrogens (tertiary/aromatic N) is 3. The summed E-state index contributed by atoms with van der Waals surface area (Å²) in [5, 5.41) is 8.14. The second-order valence-electron chi connectivity index (χ2n) is 7.34. The van der Waals surface area contributed by atoms with Crippen LogP contribution in [0.4, 0.5) is 5.69 Å². The molecule has 9 heteroatoms. The van der Waals surface area contributed by atoms with Crippen LogP contribution in [-0.2, 0) is 17.1 Å². The van der Waals surface area contributed by atoms with Crippen molar-refractivity contribution in [3.8, 4) is 0 Å². The molecule has 1 amide bonds. The van der Waals surface area contributed by atoms with Gasteiger partial charge in [0.1, 0.15) is 4.83 Å². The maximum absolute atomic E-state index is 13.0. The SMILES string of the molecule is Cc1nn(C)c2sc(C(=O)Nc3cccc(S(=O)(=O)N4CCCCCC4)c3)cc12. The Hall–Kier alpha value is -2.23. The van der Waals surface area contributed by atoms with Crippen LogP contribution in [0, 0.1) is 6.92 Å². The number of thiophene rings is 1. The maximum Gasteiger partial charge on any atom is 0.265 e. The summed E-state index contributed by atoms with van der Waals surface area (Å²) in [6.07, 6.45) is 3.89. The molecule has 1 saturated heterocycles. The van der Waals surface area contributed by atoms with Crippen LogP contribution in [0.15, 0.2) is 35.2 Å². The van der Waals surface area contributed by atoms with Crippen LogP contribution in [0.5, 0.6) is 0 Å². The summed E-state index contributed by atoms with van der Waals surface area (Å²) in [4.78, 5) is 14.4. The second-order valence-corrected chi connectivity index (χ2v) is 10.3. The first-order valence-electron chi connectivity index (χ1n) is 9.71. The summed E-state index contributed by atoms with van der Waals surface area (Å²) in [6, 6.07) is 8.33. The summed E-state index contributed by atoms with van der Waals surface area (Å²) in [6.45, 7) is 3.01. The van der Waals surface area contributed by atoms with E-state index in [2.05, 4.69) is 10.4 Å². The van der Waals surface area contributed by atoms with E-state index in [1.54, 1.807) is 27.2 Å². The van der Waals surface area contributed by atoms with E-state index in [0.29, 0.717) is 23.7 Å². The molecule has 0 aliphatic carbocycles. The molecule has 0 unspecified atom stereocenters. The first-order chi connectivity index (χ1) is 13.9. The van der Waals surface area contributed by atoms with Gasteiger partial charge < -0.3 is 5.32 Å². The number of aryl methyl sites for hydroxylation is 2. The van der Waals surface area contributed by atoms with E-state index in [-0.39, 0.29) is 10.8 Å². The first kappa shape index (κ1) is 20.1. The number of carbonyl (C=O) groups excluding carboxylic acids is 1. The normalized spacial score (nSPS) is 16.1. The van der Waals surface area contributed by atoms with Crippen molar-refractivity contribution in [1.29, 1.82) is 0 Å². The lowest BCUT2D eigenvalue weighted by Gasteiger charge is -2.20. The lowest BCUT2D eigenvalue weighted by atomic mass is 10.2. The van der Waals surface area contributed by atoms with Crippen molar-refractivity contribution in [1.82, 2.24) is 14.1 Å². The minimum absolute atomic E-state index is 0.216. The average molecular weight is 433 g/mol. The van der Waals surface area contributed by atoms with Gasteiger partial charge in [0.25, 0.3) is 5.91 Å². The molecule has 29 heavy (non-hydrogen) atoms. The molecule has 0 atom stereocenters. The molecule has 1 aromatic carbocycles. The first-order valence-corrected chi connectivity index (χ1v) is 12.0. The number of carbonyl (C=O) groups is 1. The van der Waals surface area contributed by atoms with E-state index in [1.807, 2.05) is 20.0 Å². The number of sulfonamides is 1. The van der Waals surface area contributed by atoms with Gasteiger partial charge in [-0.3, -0.25) is 9.48 Å². The second kappa shape index (κ2) is 7.89. The third-order valence-corrected chi connectivity index (χ3v) is 8.31. The lowest BCUT2D eigenvalue weighted by molar-refractivity contribution is 0.103. The fourth-order valence-electron chi connectivity index (χ4n) is 3.68. The molecule has 0 radical (unpaired) electrons. The van der Waals surface area contributed by atoms with Gasteiger partial charge in [-0.05, 0) is 44.0 Å². The molecule has 0 bridgehead atoms. The molecule has 3 aromatic rings. The number of aromatic nitrogens is 2. The molecule has 0 saturated carbocycles. The van der Waals surface area contributed by atoms with Gasteiger partial charge in [0.15, 0.2) is 0 Å². The highest BCUT2D eigenvalue weighted by molar-refractivity contribution is 7.89. The van der Waals surface area contributed by atoms with Gasteiger partial charge in [-0.1, -0.05) is 18.9 Å². The summed E-state index contributed by atoms with van der Waals surface area (Å²) >= 11 is 1.37. The Morgan fingerprint density at radius 3 is 2.55 bits per heavy atom. The summed E-state index contributed by atoms with van der Waals surface area (Å²) < 4.78 is 29.3. The van der Waals surface area contributed by atoms with E-state index in [9.17, 15) is 13.2 Å². The highest BCUT2D eigenvalue weighted by Gasteiger charge is 2.25. The molecule has 4 rings (SSSR count). The monoisotopic (exact) mass is 432 g/mol. The van der Waals surface area contributed by atoms with Gasteiger partial charge in [0.2, 0.25) is 10.0 Å². The van der Waals surface area contributed by atoms with Crippen molar-refractivity contribution in [2.24, 2.45) is 7.05 Å². The minimum Gasteiger partial charge on any atom is -0.321 e. The van der Waals surface area contributed by atoms with Crippen molar-refractivity contribution in [2.45, 2.75) is 37.5 Å². The van der Waals surface area contributed by atoms with Crippen LogP contribution in [0.1, 0.15) is 41.0 Å². The van der Waals surface area contributed by atoms with Gasteiger partial charge in [0.05, 0.1) is 15.5 Å². The Kier molecular flexibility index (Phi) is 5.46. The molecule has 0 spiro atoms. The number of rotatable bonds is 4. The van der Waals surface area contributed by atoms with Crippen molar-refractivity contribution < 1.29 is 13.2 Å². The van der Waals surface area contributed by atoms with Crippen molar-refractivity contribution in [3.63, 3.8) is 0 Å². The zero-order valence-corrected chi connectivity index (χ0v) is 18.1. The molecule has 3 heterocycles. The van der Waals surface area contributed by atoms with Crippen molar-refractivity contribution >= 4 is 43.2 Å². The van der Waals surface area contributed by atoms with Crippen LogP contribution in [0.2, 0.25) is 0 Å². The third kappa shape index (κ3) is 3.94. The number of hydrogen-bond donors (Lipinski definition) is 1. The number of nitrogens with one attached hydrogen (secondary N) is 1. The predicted octanol–water partition coefficient (Wildman–Crippen LogP) is 3.76. The number of fused-ring (bicyclic) bond motifs is 1. The van der Waals surface area contributed by atoms with Crippen LogP contribution in [-0.4, -0.2) is 41.5 Å². The van der Waals surface area contributed by atoms with Gasteiger partial charge in [-0.2, -0.15) is 9.40 Å². The zero-order valence-electron chi connectivity index (χ0n) is 16.5. The number of benzene rings is 1. The summed E-state index contributed by atoms with van der Waals surface area (Å²) in [7, 11) is -1.71. The van der Waals surface area contributed by atoms with Crippen LogP contribution in [0.3, 0.4) is 0 Å². The van der Waals surface area contributed by atoms with Crippen LogP contribution < -0.4 is 5.32 Å². The van der Waals surface area contributed by atoms with E-state index >= 15 is 0 Å². The molecule has 1 aliphatic rings. The van der Waals surface area contributed by atoms with Gasteiger partial charge in [-0.25, -0.2) is 8.42 Å².